The van der Waals surface area contributed by atoms with Crippen LogP contribution in [0.3, 0.4) is 0 Å². The van der Waals surface area contributed by atoms with E-state index in [1.165, 1.54) is 4.90 Å². The van der Waals surface area contributed by atoms with Crippen molar-refractivity contribution in [1.82, 2.24) is 4.90 Å². The largest absolute Gasteiger partial charge is 0.486 e. The van der Waals surface area contributed by atoms with Crippen molar-refractivity contribution in [3.63, 3.8) is 0 Å². The Morgan fingerprint density at radius 3 is 2.45 bits per heavy atom. The van der Waals surface area contributed by atoms with Gasteiger partial charge in [0.05, 0.1) is 0 Å². The molecular formula is C15H17NO6. The first kappa shape index (κ1) is 15.8. The van der Waals surface area contributed by atoms with E-state index in [1.807, 2.05) is 0 Å². The monoisotopic (exact) mass is 307 g/mol. The molecule has 0 bridgehead atoms. The zero-order valence-corrected chi connectivity index (χ0v) is 11.9. The van der Waals surface area contributed by atoms with Crippen molar-refractivity contribution in [2.24, 2.45) is 0 Å². The molecule has 118 valence electrons. The Morgan fingerprint density at radius 2 is 1.86 bits per heavy atom. The third-order valence-electron chi connectivity index (χ3n) is 3.36. The van der Waals surface area contributed by atoms with Crippen LogP contribution < -0.4 is 9.47 Å². The fraction of sp³-hybridized carbons (Fsp3) is 0.400. The zero-order chi connectivity index (χ0) is 15.9. The van der Waals surface area contributed by atoms with E-state index in [0.29, 0.717) is 37.2 Å². The second kappa shape index (κ2) is 7.44. The number of aldehydes is 1. The molecule has 7 heteroatoms. The molecule has 1 amide bonds. The molecule has 0 aromatic heterocycles. The molecule has 1 heterocycles. The van der Waals surface area contributed by atoms with E-state index in [0.717, 1.165) is 0 Å². The summed E-state index contributed by atoms with van der Waals surface area (Å²) in [7, 11) is 0. The van der Waals surface area contributed by atoms with Gasteiger partial charge in [-0.2, -0.15) is 0 Å². The highest BCUT2D eigenvalue weighted by Crippen LogP contribution is 2.20. The molecule has 1 saturated heterocycles. The summed E-state index contributed by atoms with van der Waals surface area (Å²) in [5, 5.41) is 9.05. The van der Waals surface area contributed by atoms with Crippen LogP contribution in [0.4, 0.5) is 0 Å². The molecule has 1 aliphatic heterocycles. The van der Waals surface area contributed by atoms with E-state index < -0.39 is 12.0 Å². The standard InChI is InChI=1S/C15H17NO6/c17-8-9-21-11-3-5-12(6-4-11)22-10-14(18)16-7-1-2-13(16)15(19)20/h3-6,8,13H,1-2,7,9-10H2,(H,19,20)/t13-/m1/s1. The fourth-order valence-corrected chi connectivity index (χ4v) is 2.31. The van der Waals surface area contributed by atoms with Crippen LogP contribution in [0.5, 0.6) is 11.5 Å². The minimum atomic E-state index is -0.984. The lowest BCUT2D eigenvalue weighted by molar-refractivity contribution is -0.148. The number of nitrogens with zero attached hydrogens (tertiary/aromatic N) is 1. The summed E-state index contributed by atoms with van der Waals surface area (Å²) in [6.07, 6.45) is 1.81. The van der Waals surface area contributed by atoms with Gasteiger partial charge < -0.3 is 19.5 Å². The molecule has 1 aromatic rings. The van der Waals surface area contributed by atoms with Crippen LogP contribution in [0.2, 0.25) is 0 Å². The number of rotatable bonds is 7. The highest BCUT2D eigenvalue weighted by Gasteiger charge is 2.33. The molecule has 1 fully saturated rings. The van der Waals surface area contributed by atoms with E-state index in [1.54, 1.807) is 24.3 Å². The lowest BCUT2D eigenvalue weighted by Crippen LogP contribution is -2.42. The van der Waals surface area contributed by atoms with Crippen LogP contribution in [-0.2, 0) is 14.4 Å². The number of aliphatic carboxylic acids is 1. The molecule has 1 atom stereocenters. The Hall–Kier alpha value is -2.57. The topological polar surface area (TPSA) is 93.1 Å². The van der Waals surface area contributed by atoms with Crippen molar-refractivity contribution in [2.75, 3.05) is 19.8 Å². The molecular weight excluding hydrogens is 290 g/mol. The predicted octanol–water partition coefficient (Wildman–Crippen LogP) is 0.719. The number of hydrogen-bond acceptors (Lipinski definition) is 5. The summed E-state index contributed by atoms with van der Waals surface area (Å²) < 4.78 is 10.5. The van der Waals surface area contributed by atoms with Gasteiger partial charge in [-0.15, -0.1) is 0 Å². The molecule has 2 rings (SSSR count). The van der Waals surface area contributed by atoms with Gasteiger partial charge in [-0.25, -0.2) is 4.79 Å². The van der Waals surface area contributed by atoms with Crippen LogP contribution >= 0.6 is 0 Å². The first-order chi connectivity index (χ1) is 10.6. The molecule has 0 unspecified atom stereocenters. The van der Waals surface area contributed by atoms with E-state index in [2.05, 4.69) is 0 Å². The van der Waals surface area contributed by atoms with Crippen molar-refractivity contribution < 1.29 is 29.0 Å². The third-order valence-corrected chi connectivity index (χ3v) is 3.36. The van der Waals surface area contributed by atoms with Gasteiger partial charge in [-0.3, -0.25) is 9.59 Å². The van der Waals surface area contributed by atoms with E-state index in [9.17, 15) is 14.4 Å². The van der Waals surface area contributed by atoms with Crippen molar-refractivity contribution in [1.29, 1.82) is 0 Å². The number of hydrogen-bond donors (Lipinski definition) is 1. The Labute approximate surface area is 127 Å². The minimum Gasteiger partial charge on any atom is -0.486 e. The van der Waals surface area contributed by atoms with E-state index in [-0.39, 0.29) is 19.1 Å². The van der Waals surface area contributed by atoms with Crippen LogP contribution in [-0.4, -0.2) is 54.0 Å². The quantitative estimate of drug-likeness (QED) is 0.746. The second-order valence-electron chi connectivity index (χ2n) is 4.82. The van der Waals surface area contributed by atoms with Crippen LogP contribution in [0.15, 0.2) is 24.3 Å². The number of carboxylic acid groups (broad SMARTS) is 1. The van der Waals surface area contributed by atoms with Crippen molar-refractivity contribution in [2.45, 2.75) is 18.9 Å². The van der Waals surface area contributed by atoms with Crippen molar-refractivity contribution in [3.05, 3.63) is 24.3 Å². The molecule has 0 radical (unpaired) electrons. The van der Waals surface area contributed by atoms with Crippen molar-refractivity contribution >= 4 is 18.2 Å². The highest BCUT2D eigenvalue weighted by molar-refractivity contribution is 5.85. The molecule has 22 heavy (non-hydrogen) atoms. The van der Waals surface area contributed by atoms with Gasteiger partial charge in [-0.05, 0) is 37.1 Å². The van der Waals surface area contributed by atoms with Gasteiger partial charge in [0, 0.05) is 6.54 Å². The molecule has 1 N–H and O–H groups in total. The Bertz CT molecular complexity index is 541. The van der Waals surface area contributed by atoms with Gasteiger partial charge in [0.25, 0.3) is 5.91 Å². The fourth-order valence-electron chi connectivity index (χ4n) is 2.31. The maximum atomic E-state index is 12.0. The molecule has 0 spiro atoms. The third kappa shape index (κ3) is 3.97. The van der Waals surface area contributed by atoms with Gasteiger partial charge in [0.15, 0.2) is 12.9 Å². The van der Waals surface area contributed by atoms with Crippen LogP contribution in [0, 0.1) is 0 Å². The number of carbonyl (C=O) groups excluding carboxylic acids is 2. The van der Waals surface area contributed by atoms with E-state index >= 15 is 0 Å². The maximum Gasteiger partial charge on any atom is 0.326 e. The molecule has 0 aliphatic carbocycles. The first-order valence-electron chi connectivity index (χ1n) is 6.93. The average molecular weight is 307 g/mol. The summed E-state index contributed by atoms with van der Waals surface area (Å²) in [5.74, 6) is -0.331. The molecule has 1 aromatic carbocycles. The molecule has 7 nitrogen and oxygen atoms in total. The smallest absolute Gasteiger partial charge is 0.326 e. The number of carboxylic acids is 1. The van der Waals surface area contributed by atoms with Gasteiger partial charge >= 0.3 is 5.97 Å². The maximum absolute atomic E-state index is 12.0. The number of benzene rings is 1. The van der Waals surface area contributed by atoms with Gasteiger partial charge in [-0.1, -0.05) is 0 Å². The predicted molar refractivity (Wildman–Crippen MR) is 75.9 cm³/mol. The summed E-state index contributed by atoms with van der Waals surface area (Å²) in [6, 6.07) is 5.73. The average Bonchev–Trinajstić information content (AvgIpc) is 3.01. The number of carbonyl (C=O) groups is 3. The summed E-state index contributed by atoms with van der Waals surface area (Å²) in [4.78, 5) is 34.6. The summed E-state index contributed by atoms with van der Waals surface area (Å²) in [5.41, 5.74) is 0. The Balaban J connectivity index is 1.85. The minimum absolute atomic E-state index is 0.0236. The molecule has 1 aliphatic rings. The second-order valence-corrected chi connectivity index (χ2v) is 4.82. The summed E-state index contributed by atoms with van der Waals surface area (Å²) in [6.45, 7) is 0.209. The lowest BCUT2D eigenvalue weighted by Gasteiger charge is -2.21. The molecule has 0 saturated carbocycles. The number of likely N-dealkylation sites (tertiary alicyclic amines) is 1. The lowest BCUT2D eigenvalue weighted by atomic mass is 10.2. The number of amides is 1. The Kier molecular flexibility index (Phi) is 5.35. The van der Waals surface area contributed by atoms with Gasteiger partial charge in [0.2, 0.25) is 0 Å². The van der Waals surface area contributed by atoms with Crippen LogP contribution in [0.1, 0.15) is 12.8 Å². The number of ether oxygens (including phenoxy) is 2. The SMILES string of the molecule is O=CCOc1ccc(OCC(=O)N2CCC[C@@H]2C(=O)O)cc1. The highest BCUT2D eigenvalue weighted by atomic mass is 16.5. The van der Waals surface area contributed by atoms with Crippen molar-refractivity contribution in [3.8, 4) is 11.5 Å². The van der Waals surface area contributed by atoms with Crippen LogP contribution in [0.25, 0.3) is 0 Å². The Morgan fingerprint density at radius 1 is 1.23 bits per heavy atom. The summed E-state index contributed by atoms with van der Waals surface area (Å²) >= 11 is 0. The van der Waals surface area contributed by atoms with Gasteiger partial charge in [0.1, 0.15) is 24.1 Å². The zero-order valence-electron chi connectivity index (χ0n) is 11.9. The normalized spacial score (nSPS) is 17.1. The first-order valence-corrected chi connectivity index (χ1v) is 6.93. The van der Waals surface area contributed by atoms with E-state index in [4.69, 9.17) is 14.6 Å².